The monoisotopic (exact) mass is 459 g/mol. The number of carbonyl (C=O) groups is 1. The first kappa shape index (κ1) is 24.3. The second kappa shape index (κ2) is 8.29. The second-order valence-electron chi connectivity index (χ2n) is 7.40. The molecule has 1 fully saturated rings. The molecule has 0 aromatic heterocycles. The number of hydrogen-bond donors (Lipinski definition) is 0. The van der Waals surface area contributed by atoms with Gasteiger partial charge in [0.1, 0.15) is 11.4 Å². The molecule has 1 aromatic carbocycles. The third kappa shape index (κ3) is 5.02. The van der Waals surface area contributed by atoms with Gasteiger partial charge in [0.2, 0.25) is 0 Å². The van der Waals surface area contributed by atoms with E-state index >= 15 is 0 Å². The Labute approximate surface area is 170 Å². The molecule has 12 heteroatoms. The van der Waals surface area contributed by atoms with Gasteiger partial charge in [-0.15, -0.1) is 0 Å². The number of benzene rings is 1. The molecule has 0 aliphatic heterocycles. The summed E-state index contributed by atoms with van der Waals surface area (Å²) >= 11 is 0. The summed E-state index contributed by atoms with van der Waals surface area (Å²) in [5.41, 5.74) is -0.978. The minimum atomic E-state index is -6.75. The van der Waals surface area contributed by atoms with E-state index in [9.17, 15) is 39.7 Å². The first-order chi connectivity index (χ1) is 13.6. The van der Waals surface area contributed by atoms with Crippen molar-refractivity contribution < 1.29 is 49.2 Å². The Balaban J connectivity index is 2.20. The summed E-state index contributed by atoms with van der Waals surface area (Å²) < 4.78 is 107. The summed E-state index contributed by atoms with van der Waals surface area (Å²) in [5.74, 6) is -1.37. The highest BCUT2D eigenvalue weighted by Gasteiger charge is 2.63. The van der Waals surface area contributed by atoms with Crippen LogP contribution in [0.15, 0.2) is 24.3 Å². The van der Waals surface area contributed by atoms with Crippen molar-refractivity contribution in [3.63, 3.8) is 0 Å². The van der Waals surface area contributed by atoms with Gasteiger partial charge in [0.15, 0.2) is 10.1 Å². The molecule has 0 spiro atoms. The molecule has 6 nitrogen and oxygen atoms in total. The molecule has 0 N–H and O–H groups in total. The molecule has 1 unspecified atom stereocenters. The van der Waals surface area contributed by atoms with E-state index < -0.39 is 44.8 Å². The molecule has 0 amide bonds. The molecule has 30 heavy (non-hydrogen) atoms. The smallest absolute Gasteiger partial charge is 0.432 e. The van der Waals surface area contributed by atoms with Crippen molar-refractivity contribution in [1.82, 2.24) is 0 Å². The van der Waals surface area contributed by atoms with Crippen LogP contribution in [0.1, 0.15) is 49.9 Å². The lowest BCUT2D eigenvalue weighted by atomic mass is 9.88. The lowest BCUT2D eigenvalue weighted by Crippen LogP contribution is -2.52. The largest absolute Gasteiger partial charge is 0.743 e. The topological polar surface area (TPSA) is 92.7 Å². The number of carbonyl (C=O) groups excluding carboxylic acids is 1. The maximum atomic E-state index is 13.5. The van der Waals surface area contributed by atoms with Gasteiger partial charge in [0, 0.05) is 0 Å². The van der Waals surface area contributed by atoms with E-state index in [1.807, 2.05) is 13.8 Å². The molecular formula is C18H20F5O6S-. The molecule has 0 heterocycles. The highest BCUT2D eigenvalue weighted by molar-refractivity contribution is 7.86. The molecule has 1 aliphatic carbocycles. The third-order valence-corrected chi connectivity index (χ3v) is 5.95. The Bertz CT molecular complexity index is 858. The van der Waals surface area contributed by atoms with Crippen LogP contribution in [0.25, 0.3) is 0 Å². The van der Waals surface area contributed by atoms with Crippen molar-refractivity contribution in [2.45, 2.75) is 62.7 Å². The van der Waals surface area contributed by atoms with Gasteiger partial charge in [0.05, 0.1) is 5.56 Å². The number of hydrogen-bond acceptors (Lipinski definition) is 6. The number of ether oxygens (including phenoxy) is 2. The number of rotatable bonds is 7. The van der Waals surface area contributed by atoms with Gasteiger partial charge in [-0.1, -0.05) is 13.8 Å². The summed E-state index contributed by atoms with van der Waals surface area (Å²) in [7, 11) is -6.75. The summed E-state index contributed by atoms with van der Waals surface area (Å²) in [6, 6.07) is 4.53. The quantitative estimate of drug-likeness (QED) is 0.344. The van der Waals surface area contributed by atoms with E-state index in [1.54, 1.807) is 0 Å². The zero-order chi connectivity index (χ0) is 23.0. The predicted octanol–water partition coefficient (Wildman–Crippen LogP) is 4.26. The van der Waals surface area contributed by atoms with Crippen LogP contribution in [0.4, 0.5) is 22.0 Å². The Kier molecular flexibility index (Phi) is 6.72. The fourth-order valence-electron chi connectivity index (χ4n) is 3.30. The highest BCUT2D eigenvalue weighted by atomic mass is 32.2. The molecule has 2 rings (SSSR count). The molecule has 0 saturated heterocycles. The summed E-state index contributed by atoms with van der Waals surface area (Å²) in [6.07, 6.45) is -6.89. The average molecular weight is 459 g/mol. The van der Waals surface area contributed by atoms with Crippen LogP contribution in [0.2, 0.25) is 0 Å². The zero-order valence-corrected chi connectivity index (χ0v) is 16.9. The Morgan fingerprint density at radius 1 is 1.07 bits per heavy atom. The van der Waals surface area contributed by atoms with Crippen molar-refractivity contribution >= 4 is 16.1 Å². The van der Waals surface area contributed by atoms with Crippen molar-refractivity contribution in [3.05, 3.63) is 29.8 Å². The number of alkyl halides is 5. The molecule has 1 aliphatic rings. The maximum Gasteiger partial charge on any atom is 0.432 e. The van der Waals surface area contributed by atoms with Crippen LogP contribution >= 0.6 is 0 Å². The van der Waals surface area contributed by atoms with Crippen LogP contribution in [0.5, 0.6) is 5.75 Å². The SMILES string of the molecule is CC(C)C1(Oc2ccc(C(=O)OC(C(F)(F)F)C(F)(F)S(=O)(=O)[O-])cc2)CCCC1. The minimum Gasteiger partial charge on any atom is -0.743 e. The number of esters is 1. The molecule has 1 atom stereocenters. The summed E-state index contributed by atoms with van der Waals surface area (Å²) in [4.78, 5) is 11.9. The van der Waals surface area contributed by atoms with Crippen molar-refractivity contribution in [3.8, 4) is 5.75 Å². The average Bonchev–Trinajstić information content (AvgIpc) is 3.08. The molecule has 0 radical (unpaired) electrons. The Hall–Kier alpha value is -1.95. The van der Waals surface area contributed by atoms with Crippen molar-refractivity contribution in [1.29, 1.82) is 0 Å². The summed E-state index contributed by atoms with van der Waals surface area (Å²) in [5, 5.41) is -5.89. The van der Waals surface area contributed by atoms with Crippen LogP contribution < -0.4 is 4.74 Å². The second-order valence-corrected chi connectivity index (χ2v) is 8.85. The normalized spacial score (nSPS) is 18.3. The van der Waals surface area contributed by atoms with Gasteiger partial charge in [-0.2, -0.15) is 22.0 Å². The predicted molar refractivity (Wildman–Crippen MR) is 93.0 cm³/mol. The fraction of sp³-hybridized carbons (Fsp3) is 0.611. The number of halogens is 5. The van der Waals surface area contributed by atoms with E-state index in [0.29, 0.717) is 5.75 Å². The van der Waals surface area contributed by atoms with Gasteiger partial charge in [-0.3, -0.25) is 0 Å². The maximum absolute atomic E-state index is 13.5. The highest BCUT2D eigenvalue weighted by Crippen LogP contribution is 2.40. The van der Waals surface area contributed by atoms with Crippen LogP contribution in [0.3, 0.4) is 0 Å². The lowest BCUT2D eigenvalue weighted by molar-refractivity contribution is -0.248. The molecular weight excluding hydrogens is 439 g/mol. The lowest BCUT2D eigenvalue weighted by Gasteiger charge is -2.34. The van der Waals surface area contributed by atoms with E-state index in [0.717, 1.165) is 37.8 Å². The molecule has 1 saturated carbocycles. The standard InChI is InChI=1S/C18H21F5O6S/c1-11(2)16(9-3-4-10-16)29-13-7-5-12(6-8-13)14(24)28-15(17(19,20)21)18(22,23)30(25,26)27/h5-8,11,15H,3-4,9-10H2,1-2H3,(H,25,26,27)/p-1. The van der Waals surface area contributed by atoms with E-state index in [2.05, 4.69) is 4.74 Å². The Morgan fingerprint density at radius 3 is 1.97 bits per heavy atom. The summed E-state index contributed by atoms with van der Waals surface area (Å²) in [6.45, 7) is 3.97. The first-order valence-electron chi connectivity index (χ1n) is 9.00. The molecule has 1 aromatic rings. The first-order valence-corrected chi connectivity index (χ1v) is 10.4. The van der Waals surface area contributed by atoms with Gasteiger partial charge >= 0.3 is 17.4 Å². The van der Waals surface area contributed by atoms with E-state index in [4.69, 9.17) is 4.74 Å². The van der Waals surface area contributed by atoms with Gasteiger partial charge in [0.25, 0.3) is 6.10 Å². The van der Waals surface area contributed by atoms with Gasteiger partial charge < -0.3 is 14.0 Å². The van der Waals surface area contributed by atoms with Gasteiger partial charge in [-0.25, -0.2) is 13.2 Å². The minimum absolute atomic E-state index is 0.174. The van der Waals surface area contributed by atoms with E-state index in [-0.39, 0.29) is 5.92 Å². The fourth-order valence-corrected chi connectivity index (χ4v) is 3.74. The van der Waals surface area contributed by atoms with Crippen LogP contribution in [-0.4, -0.2) is 42.1 Å². The Morgan fingerprint density at radius 2 is 1.57 bits per heavy atom. The molecule has 170 valence electrons. The van der Waals surface area contributed by atoms with Crippen molar-refractivity contribution in [2.24, 2.45) is 5.92 Å². The molecule has 0 bridgehead atoms. The zero-order valence-electron chi connectivity index (χ0n) is 16.0. The van der Waals surface area contributed by atoms with Crippen molar-refractivity contribution in [2.75, 3.05) is 0 Å². The van der Waals surface area contributed by atoms with Crippen LogP contribution in [0, 0.1) is 5.92 Å². The third-order valence-electron chi connectivity index (χ3n) is 5.07. The van der Waals surface area contributed by atoms with Crippen LogP contribution in [-0.2, 0) is 14.9 Å². The van der Waals surface area contributed by atoms with Gasteiger partial charge in [-0.05, 0) is 55.9 Å². The van der Waals surface area contributed by atoms with E-state index in [1.165, 1.54) is 12.1 Å².